The standard InChI is InChI=1S/C11H17FN2O3S/c1-7-4-8(12)9(13)5-10(7)18(16,17)14-6-11(2,3)15/h4-5,14-15H,6,13H2,1-3H3. The lowest BCUT2D eigenvalue weighted by atomic mass is 10.1. The molecule has 7 heteroatoms. The third-order valence-corrected chi connectivity index (χ3v) is 3.82. The van der Waals surface area contributed by atoms with Crippen LogP contribution in [0.5, 0.6) is 0 Å². The van der Waals surface area contributed by atoms with Crippen molar-refractivity contribution in [3.8, 4) is 0 Å². The van der Waals surface area contributed by atoms with E-state index in [9.17, 15) is 17.9 Å². The number of aryl methyl sites for hydroxylation is 1. The third kappa shape index (κ3) is 3.66. The Bertz CT molecular complexity index is 550. The van der Waals surface area contributed by atoms with E-state index in [1.165, 1.54) is 20.8 Å². The van der Waals surface area contributed by atoms with Gasteiger partial charge in [0.1, 0.15) is 5.82 Å². The predicted octanol–water partition coefficient (Wildman–Crippen LogP) is 0.766. The normalized spacial score (nSPS) is 12.7. The maximum atomic E-state index is 13.1. The van der Waals surface area contributed by atoms with Gasteiger partial charge in [0, 0.05) is 6.54 Å². The van der Waals surface area contributed by atoms with E-state index in [1.54, 1.807) is 0 Å². The number of rotatable bonds is 4. The van der Waals surface area contributed by atoms with Gasteiger partial charge in [0.2, 0.25) is 10.0 Å². The summed E-state index contributed by atoms with van der Waals surface area (Å²) < 4.78 is 39.3. The van der Waals surface area contributed by atoms with E-state index in [4.69, 9.17) is 5.73 Å². The van der Waals surface area contributed by atoms with Crippen molar-refractivity contribution in [3.05, 3.63) is 23.5 Å². The summed E-state index contributed by atoms with van der Waals surface area (Å²) in [5, 5.41) is 9.48. The summed E-state index contributed by atoms with van der Waals surface area (Å²) in [7, 11) is -3.82. The van der Waals surface area contributed by atoms with Crippen molar-refractivity contribution in [1.29, 1.82) is 0 Å². The molecule has 1 aromatic rings. The minimum Gasteiger partial charge on any atom is -0.396 e. The lowest BCUT2D eigenvalue weighted by Gasteiger charge is -2.18. The molecule has 0 aliphatic carbocycles. The average Bonchev–Trinajstić information content (AvgIpc) is 2.19. The quantitative estimate of drug-likeness (QED) is 0.708. The summed E-state index contributed by atoms with van der Waals surface area (Å²) in [6, 6.07) is 2.13. The summed E-state index contributed by atoms with van der Waals surface area (Å²) in [4.78, 5) is -0.0920. The number of sulfonamides is 1. The largest absolute Gasteiger partial charge is 0.396 e. The van der Waals surface area contributed by atoms with Crippen LogP contribution in [-0.2, 0) is 10.0 Å². The fraction of sp³-hybridized carbons (Fsp3) is 0.455. The first kappa shape index (κ1) is 14.9. The number of aliphatic hydroxyl groups is 1. The van der Waals surface area contributed by atoms with Crippen molar-refractivity contribution in [1.82, 2.24) is 4.72 Å². The SMILES string of the molecule is Cc1cc(F)c(N)cc1S(=O)(=O)NCC(C)(C)O. The number of anilines is 1. The highest BCUT2D eigenvalue weighted by atomic mass is 32.2. The van der Waals surface area contributed by atoms with Crippen LogP contribution in [0.4, 0.5) is 10.1 Å². The molecule has 0 radical (unpaired) electrons. The zero-order valence-corrected chi connectivity index (χ0v) is 11.3. The summed E-state index contributed by atoms with van der Waals surface area (Å²) in [6.45, 7) is 4.27. The van der Waals surface area contributed by atoms with Crippen LogP contribution in [0.25, 0.3) is 0 Å². The zero-order valence-electron chi connectivity index (χ0n) is 10.5. The molecule has 0 bridgehead atoms. The molecule has 0 spiro atoms. The van der Waals surface area contributed by atoms with Crippen LogP contribution in [0, 0.1) is 12.7 Å². The van der Waals surface area contributed by atoms with Crippen LogP contribution >= 0.6 is 0 Å². The molecular weight excluding hydrogens is 259 g/mol. The predicted molar refractivity (Wildman–Crippen MR) is 67.0 cm³/mol. The minimum atomic E-state index is -3.82. The molecule has 1 rings (SSSR count). The third-order valence-electron chi connectivity index (χ3n) is 2.28. The molecule has 18 heavy (non-hydrogen) atoms. The first-order valence-corrected chi connectivity index (χ1v) is 6.79. The highest BCUT2D eigenvalue weighted by Crippen LogP contribution is 2.21. The lowest BCUT2D eigenvalue weighted by Crippen LogP contribution is -2.38. The van der Waals surface area contributed by atoms with Crippen molar-refractivity contribution in [2.24, 2.45) is 0 Å². The Labute approximate surface area is 106 Å². The number of halogens is 1. The number of nitrogen functional groups attached to an aromatic ring is 1. The molecule has 0 aliphatic heterocycles. The van der Waals surface area contributed by atoms with Gasteiger partial charge in [-0.3, -0.25) is 0 Å². The second kappa shape index (κ2) is 4.83. The fourth-order valence-electron chi connectivity index (χ4n) is 1.31. The average molecular weight is 276 g/mol. The van der Waals surface area contributed by atoms with E-state index in [0.29, 0.717) is 0 Å². The molecule has 0 saturated heterocycles. The maximum Gasteiger partial charge on any atom is 0.241 e. The van der Waals surface area contributed by atoms with Crippen LogP contribution in [-0.4, -0.2) is 25.7 Å². The fourth-order valence-corrected chi connectivity index (χ4v) is 2.77. The van der Waals surface area contributed by atoms with Gasteiger partial charge in [-0.1, -0.05) is 0 Å². The molecule has 0 atom stereocenters. The number of nitrogens with one attached hydrogen (secondary N) is 1. The summed E-state index contributed by atoms with van der Waals surface area (Å²) in [5.74, 6) is -0.658. The van der Waals surface area contributed by atoms with Crippen molar-refractivity contribution in [3.63, 3.8) is 0 Å². The van der Waals surface area contributed by atoms with E-state index in [2.05, 4.69) is 4.72 Å². The molecule has 0 heterocycles. The van der Waals surface area contributed by atoms with Gasteiger partial charge in [-0.15, -0.1) is 0 Å². The van der Waals surface area contributed by atoms with Gasteiger partial charge in [-0.25, -0.2) is 17.5 Å². The van der Waals surface area contributed by atoms with Crippen LogP contribution in [0.15, 0.2) is 17.0 Å². The molecule has 0 saturated carbocycles. The van der Waals surface area contributed by atoms with Crippen LogP contribution in [0.1, 0.15) is 19.4 Å². The van der Waals surface area contributed by atoms with Crippen molar-refractivity contribution in [2.45, 2.75) is 31.3 Å². The van der Waals surface area contributed by atoms with Crippen LogP contribution < -0.4 is 10.5 Å². The summed E-state index contributed by atoms with van der Waals surface area (Å²) in [5.41, 5.74) is 4.20. The van der Waals surface area contributed by atoms with Gasteiger partial charge >= 0.3 is 0 Å². The van der Waals surface area contributed by atoms with E-state index in [-0.39, 0.29) is 22.7 Å². The molecule has 5 nitrogen and oxygen atoms in total. The molecule has 0 amide bonds. The molecule has 0 aliphatic rings. The Morgan fingerprint density at radius 3 is 2.50 bits per heavy atom. The van der Waals surface area contributed by atoms with Crippen molar-refractivity contribution < 1.29 is 17.9 Å². The molecule has 1 aromatic carbocycles. The number of hydrogen-bond donors (Lipinski definition) is 3. The van der Waals surface area contributed by atoms with E-state index in [1.807, 2.05) is 0 Å². The molecule has 102 valence electrons. The van der Waals surface area contributed by atoms with Gasteiger partial charge in [-0.2, -0.15) is 0 Å². The molecule has 4 N–H and O–H groups in total. The van der Waals surface area contributed by atoms with Gasteiger partial charge < -0.3 is 10.8 Å². The van der Waals surface area contributed by atoms with E-state index >= 15 is 0 Å². The van der Waals surface area contributed by atoms with Gasteiger partial charge in [0.25, 0.3) is 0 Å². The smallest absolute Gasteiger partial charge is 0.241 e. The first-order valence-electron chi connectivity index (χ1n) is 5.30. The Kier molecular flexibility index (Phi) is 3.99. The number of hydrogen-bond acceptors (Lipinski definition) is 4. The molecule has 0 fully saturated rings. The second-order valence-electron chi connectivity index (χ2n) is 4.78. The summed E-state index contributed by atoms with van der Waals surface area (Å²) in [6.07, 6.45) is 0. The topological polar surface area (TPSA) is 92.4 Å². The van der Waals surface area contributed by atoms with Crippen molar-refractivity contribution >= 4 is 15.7 Å². The Balaban J connectivity index is 3.10. The zero-order chi connectivity index (χ0) is 14.1. The van der Waals surface area contributed by atoms with Crippen LogP contribution in [0.3, 0.4) is 0 Å². The highest BCUT2D eigenvalue weighted by molar-refractivity contribution is 7.89. The number of nitrogens with two attached hydrogens (primary N) is 1. The van der Waals surface area contributed by atoms with Crippen molar-refractivity contribution in [2.75, 3.05) is 12.3 Å². The van der Waals surface area contributed by atoms with E-state index < -0.39 is 21.4 Å². The summed E-state index contributed by atoms with van der Waals surface area (Å²) >= 11 is 0. The monoisotopic (exact) mass is 276 g/mol. The Morgan fingerprint density at radius 1 is 1.44 bits per heavy atom. The van der Waals surface area contributed by atoms with E-state index in [0.717, 1.165) is 12.1 Å². The highest BCUT2D eigenvalue weighted by Gasteiger charge is 2.22. The van der Waals surface area contributed by atoms with Gasteiger partial charge in [0.15, 0.2) is 0 Å². The maximum absolute atomic E-state index is 13.1. The second-order valence-corrected chi connectivity index (χ2v) is 6.51. The van der Waals surface area contributed by atoms with Gasteiger partial charge in [-0.05, 0) is 38.5 Å². The Hall–Kier alpha value is -1.18. The number of benzene rings is 1. The van der Waals surface area contributed by atoms with Crippen LogP contribution in [0.2, 0.25) is 0 Å². The molecule has 0 unspecified atom stereocenters. The minimum absolute atomic E-state index is 0.0920. The van der Waals surface area contributed by atoms with Gasteiger partial charge in [0.05, 0.1) is 16.2 Å². The Morgan fingerprint density at radius 2 is 2.00 bits per heavy atom. The molecular formula is C11H17FN2O3S. The molecule has 0 aromatic heterocycles. The lowest BCUT2D eigenvalue weighted by molar-refractivity contribution is 0.0857. The first-order chi connectivity index (χ1) is 8.03.